The maximum atomic E-state index is 12.3. The Bertz CT molecular complexity index is 617. The van der Waals surface area contributed by atoms with Crippen molar-refractivity contribution in [2.24, 2.45) is 17.8 Å². The van der Waals surface area contributed by atoms with Gasteiger partial charge in [-0.25, -0.2) is 4.79 Å². The average Bonchev–Trinajstić information content (AvgIpc) is 2.54. The first kappa shape index (κ1) is 16.2. The minimum atomic E-state index is -0.345. The molecule has 0 radical (unpaired) electrons. The zero-order valence-electron chi connectivity index (χ0n) is 14.2. The molecule has 1 aliphatic heterocycles. The number of Topliss-reactive ketones (excluding diaryl/α,β-unsaturated/α-hetero) is 1. The van der Waals surface area contributed by atoms with Crippen molar-refractivity contribution < 1.29 is 19.1 Å². The Hall–Kier alpha value is -1.68. The van der Waals surface area contributed by atoms with E-state index >= 15 is 0 Å². The molecule has 2 fully saturated rings. The van der Waals surface area contributed by atoms with Gasteiger partial charge in [0.05, 0.1) is 24.4 Å². The Morgan fingerprint density at radius 2 is 1.91 bits per heavy atom. The van der Waals surface area contributed by atoms with Crippen molar-refractivity contribution in [3.8, 4) is 0 Å². The van der Waals surface area contributed by atoms with Gasteiger partial charge in [-0.05, 0) is 49.8 Å². The molecular formula is C19H24O4. The molecule has 0 spiro atoms. The topological polar surface area (TPSA) is 52.6 Å². The number of ether oxygens (including phenoxy) is 2. The van der Waals surface area contributed by atoms with Gasteiger partial charge in [0.15, 0.2) is 0 Å². The third-order valence-electron chi connectivity index (χ3n) is 5.62. The predicted molar refractivity (Wildman–Crippen MR) is 86.1 cm³/mol. The van der Waals surface area contributed by atoms with Gasteiger partial charge in [-0.15, -0.1) is 0 Å². The molecule has 1 saturated carbocycles. The largest absolute Gasteiger partial charge is 0.465 e. The summed E-state index contributed by atoms with van der Waals surface area (Å²) in [4.78, 5) is 23.9. The highest BCUT2D eigenvalue weighted by Gasteiger charge is 2.50. The molecule has 0 aromatic heterocycles. The molecule has 23 heavy (non-hydrogen) atoms. The Morgan fingerprint density at radius 1 is 1.26 bits per heavy atom. The number of carbonyl (C=O) groups excluding carboxylic acids is 2. The van der Waals surface area contributed by atoms with Crippen molar-refractivity contribution in [1.82, 2.24) is 0 Å². The first-order valence-corrected chi connectivity index (χ1v) is 8.22. The monoisotopic (exact) mass is 316 g/mol. The summed E-state index contributed by atoms with van der Waals surface area (Å²) < 4.78 is 11.1. The van der Waals surface area contributed by atoms with E-state index in [0.29, 0.717) is 23.7 Å². The summed E-state index contributed by atoms with van der Waals surface area (Å²) in [5.74, 6) is 0.522. The summed E-state index contributed by atoms with van der Waals surface area (Å²) in [7, 11) is 1.37. The fourth-order valence-electron chi connectivity index (χ4n) is 3.95. The minimum Gasteiger partial charge on any atom is -0.465 e. The number of methoxy groups -OCH3 is 1. The molecule has 3 rings (SSSR count). The Morgan fingerprint density at radius 3 is 2.52 bits per heavy atom. The van der Waals surface area contributed by atoms with Gasteiger partial charge in [0.1, 0.15) is 5.78 Å². The Balaban J connectivity index is 1.91. The van der Waals surface area contributed by atoms with E-state index in [2.05, 4.69) is 13.8 Å². The van der Waals surface area contributed by atoms with E-state index in [1.807, 2.05) is 19.1 Å². The number of benzene rings is 1. The van der Waals surface area contributed by atoms with Gasteiger partial charge in [0, 0.05) is 12.3 Å². The molecule has 2 bridgehead atoms. The molecule has 1 heterocycles. The van der Waals surface area contributed by atoms with E-state index < -0.39 is 0 Å². The lowest BCUT2D eigenvalue weighted by atomic mass is 9.64. The van der Waals surface area contributed by atoms with Gasteiger partial charge in [0.25, 0.3) is 0 Å². The second kappa shape index (κ2) is 5.75. The molecule has 4 nitrogen and oxygen atoms in total. The quantitative estimate of drug-likeness (QED) is 0.783. The number of hydrogen-bond acceptors (Lipinski definition) is 4. The van der Waals surface area contributed by atoms with Crippen molar-refractivity contribution in [3.63, 3.8) is 0 Å². The maximum absolute atomic E-state index is 12.3. The molecule has 1 aromatic rings. The number of carbonyl (C=O) groups is 2. The average molecular weight is 316 g/mol. The van der Waals surface area contributed by atoms with Gasteiger partial charge in [0.2, 0.25) is 0 Å². The normalized spacial score (nSPS) is 32.4. The highest BCUT2D eigenvalue weighted by molar-refractivity contribution is 5.89. The van der Waals surface area contributed by atoms with Crippen LogP contribution in [0, 0.1) is 17.8 Å². The number of ketones is 1. The van der Waals surface area contributed by atoms with E-state index in [4.69, 9.17) is 9.47 Å². The van der Waals surface area contributed by atoms with E-state index in [-0.39, 0.29) is 29.5 Å². The Kier molecular flexibility index (Phi) is 4.05. The lowest BCUT2D eigenvalue weighted by Gasteiger charge is -2.51. The zero-order valence-corrected chi connectivity index (χ0v) is 14.2. The first-order valence-electron chi connectivity index (χ1n) is 8.22. The van der Waals surface area contributed by atoms with Crippen LogP contribution in [0.1, 0.15) is 55.6 Å². The van der Waals surface area contributed by atoms with Crippen LogP contribution < -0.4 is 0 Å². The van der Waals surface area contributed by atoms with Gasteiger partial charge < -0.3 is 9.47 Å². The van der Waals surface area contributed by atoms with Gasteiger partial charge in [-0.2, -0.15) is 0 Å². The first-order chi connectivity index (χ1) is 10.8. The molecule has 124 valence electrons. The second-order valence-corrected chi connectivity index (χ2v) is 7.31. The molecule has 1 aromatic carbocycles. The van der Waals surface area contributed by atoms with Crippen molar-refractivity contribution in [1.29, 1.82) is 0 Å². The van der Waals surface area contributed by atoms with Gasteiger partial charge >= 0.3 is 5.97 Å². The van der Waals surface area contributed by atoms with Gasteiger partial charge in [-0.3, -0.25) is 4.79 Å². The number of rotatable bonds is 2. The van der Waals surface area contributed by atoms with Crippen LogP contribution in [-0.4, -0.2) is 24.5 Å². The molecule has 1 saturated heterocycles. The number of fused-ring (bicyclic) bond motifs is 2. The SMILES string of the molecule is COC(=O)c1ccc([C@@H]2OC(C)(C)[C@H]3CC(=O)[C@@H](C)[C@@H]2C3)cc1. The smallest absolute Gasteiger partial charge is 0.337 e. The van der Waals surface area contributed by atoms with E-state index in [1.165, 1.54) is 7.11 Å². The highest BCUT2D eigenvalue weighted by Crippen LogP contribution is 2.51. The lowest BCUT2D eigenvalue weighted by molar-refractivity contribution is -0.197. The van der Waals surface area contributed by atoms with Crippen LogP contribution in [0.2, 0.25) is 0 Å². The van der Waals surface area contributed by atoms with Crippen LogP contribution in [-0.2, 0) is 14.3 Å². The zero-order chi connectivity index (χ0) is 16.8. The molecule has 1 aliphatic carbocycles. The van der Waals surface area contributed by atoms with Crippen LogP contribution >= 0.6 is 0 Å². The van der Waals surface area contributed by atoms with Crippen molar-refractivity contribution in [3.05, 3.63) is 35.4 Å². The fourth-order valence-corrected chi connectivity index (χ4v) is 3.95. The summed E-state index contributed by atoms with van der Waals surface area (Å²) in [6.07, 6.45) is 1.54. The standard InChI is InChI=1S/C19H24O4/c1-11-15-9-14(10-16(11)20)19(2,3)23-17(15)12-5-7-13(8-6-12)18(21)22-4/h5-8,11,14-15,17H,9-10H2,1-4H3/t11-,14+,15-,17-/m0/s1. The van der Waals surface area contributed by atoms with Crippen LogP contribution in [0.4, 0.5) is 0 Å². The van der Waals surface area contributed by atoms with Crippen LogP contribution in [0.25, 0.3) is 0 Å². The van der Waals surface area contributed by atoms with Crippen LogP contribution in [0.15, 0.2) is 24.3 Å². The molecule has 0 amide bonds. The number of esters is 1. The molecule has 0 unspecified atom stereocenters. The van der Waals surface area contributed by atoms with Crippen molar-refractivity contribution in [2.75, 3.05) is 7.11 Å². The van der Waals surface area contributed by atoms with E-state index in [1.54, 1.807) is 12.1 Å². The van der Waals surface area contributed by atoms with E-state index in [0.717, 1.165) is 12.0 Å². The highest BCUT2D eigenvalue weighted by atomic mass is 16.5. The summed E-state index contributed by atoms with van der Waals surface area (Å²) in [6, 6.07) is 7.36. The van der Waals surface area contributed by atoms with Gasteiger partial charge in [-0.1, -0.05) is 19.1 Å². The van der Waals surface area contributed by atoms with Crippen molar-refractivity contribution >= 4 is 11.8 Å². The van der Waals surface area contributed by atoms with Crippen molar-refractivity contribution in [2.45, 2.75) is 45.3 Å². The van der Waals surface area contributed by atoms with E-state index in [9.17, 15) is 9.59 Å². The predicted octanol–water partition coefficient (Wildman–Crippen LogP) is 3.55. The van der Waals surface area contributed by atoms with Crippen LogP contribution in [0.3, 0.4) is 0 Å². The molecule has 2 aliphatic rings. The summed E-state index contributed by atoms with van der Waals surface area (Å²) >= 11 is 0. The van der Waals surface area contributed by atoms with Crippen LogP contribution in [0.5, 0.6) is 0 Å². The fraction of sp³-hybridized carbons (Fsp3) is 0.579. The second-order valence-electron chi connectivity index (χ2n) is 7.31. The lowest BCUT2D eigenvalue weighted by Crippen LogP contribution is -2.51. The summed E-state index contributed by atoms with van der Waals surface area (Å²) in [6.45, 7) is 6.17. The Labute approximate surface area is 137 Å². The molecule has 4 heteroatoms. The summed E-state index contributed by atoms with van der Waals surface area (Å²) in [5.41, 5.74) is 1.24. The maximum Gasteiger partial charge on any atom is 0.337 e. The molecule has 0 N–H and O–H groups in total. The third-order valence-corrected chi connectivity index (χ3v) is 5.62. The molecular weight excluding hydrogens is 292 g/mol. The molecule has 4 atom stereocenters. The third kappa shape index (κ3) is 2.80. The minimum absolute atomic E-state index is 0.0210. The summed E-state index contributed by atoms with van der Waals surface area (Å²) in [5, 5.41) is 0. The number of hydrogen-bond donors (Lipinski definition) is 0.